The molecule has 0 fully saturated rings. The van der Waals surface area contributed by atoms with Gasteiger partial charge in [0.15, 0.2) is 0 Å². The number of allylic oxidation sites excluding steroid dienone is 1. The molecule has 1 N–H and O–H groups in total. The molecule has 1 rings (SSSR count). The van der Waals surface area contributed by atoms with Crippen LogP contribution in [0.15, 0.2) is 30.9 Å². The van der Waals surface area contributed by atoms with Crippen molar-refractivity contribution in [1.29, 1.82) is 0 Å². The van der Waals surface area contributed by atoms with E-state index in [1.807, 2.05) is 18.2 Å². The summed E-state index contributed by atoms with van der Waals surface area (Å²) in [4.78, 5) is 0. The fraction of sp³-hybridized carbons (Fsp3) is 0.333. The van der Waals surface area contributed by atoms with Gasteiger partial charge in [0.2, 0.25) is 0 Å². The Morgan fingerprint density at radius 2 is 2.13 bits per heavy atom. The Labute approximate surface area is 101 Å². The highest BCUT2D eigenvalue weighted by Gasteiger charge is 2.03. The van der Waals surface area contributed by atoms with E-state index in [-0.39, 0.29) is 0 Å². The lowest BCUT2D eigenvalue weighted by molar-refractivity contribution is 0.719. The van der Waals surface area contributed by atoms with E-state index in [1.165, 1.54) is 0 Å². The highest BCUT2D eigenvalue weighted by Crippen LogP contribution is 2.25. The smallest absolute Gasteiger partial charge is 0.0612 e. The third-order valence-electron chi connectivity index (χ3n) is 2.14. The van der Waals surface area contributed by atoms with E-state index >= 15 is 0 Å². The van der Waals surface area contributed by atoms with Crippen LogP contribution < -0.4 is 5.32 Å². The Morgan fingerprint density at radius 1 is 1.40 bits per heavy atom. The van der Waals surface area contributed by atoms with Crippen LogP contribution in [0.1, 0.15) is 19.8 Å². The molecule has 0 radical (unpaired) electrons. The van der Waals surface area contributed by atoms with Crippen LogP contribution in [0, 0.1) is 0 Å². The molecular formula is C12H15Cl2N. The van der Waals surface area contributed by atoms with Crippen LogP contribution in [0.4, 0.5) is 5.69 Å². The first-order valence-corrected chi connectivity index (χ1v) is 5.71. The maximum absolute atomic E-state index is 5.91. The first-order valence-electron chi connectivity index (χ1n) is 4.96. The Kier molecular flexibility index (Phi) is 5.00. The molecule has 1 unspecified atom stereocenters. The van der Waals surface area contributed by atoms with E-state index in [4.69, 9.17) is 23.2 Å². The van der Waals surface area contributed by atoms with Gasteiger partial charge in [-0.3, -0.25) is 0 Å². The van der Waals surface area contributed by atoms with Crippen LogP contribution in [-0.4, -0.2) is 6.04 Å². The molecule has 1 nitrogen and oxygen atoms in total. The van der Waals surface area contributed by atoms with Crippen molar-refractivity contribution in [3.8, 4) is 0 Å². The molecule has 0 spiro atoms. The van der Waals surface area contributed by atoms with Crippen molar-refractivity contribution in [1.82, 2.24) is 0 Å². The van der Waals surface area contributed by atoms with E-state index in [0.29, 0.717) is 16.1 Å². The normalized spacial score (nSPS) is 12.2. The highest BCUT2D eigenvalue weighted by molar-refractivity contribution is 6.42. The molecule has 3 heteroatoms. The van der Waals surface area contributed by atoms with Gasteiger partial charge in [-0.25, -0.2) is 0 Å². The van der Waals surface area contributed by atoms with Crippen LogP contribution in [0.5, 0.6) is 0 Å². The van der Waals surface area contributed by atoms with Crippen molar-refractivity contribution in [2.45, 2.75) is 25.8 Å². The molecule has 0 heterocycles. The molecule has 1 atom stereocenters. The molecular weight excluding hydrogens is 229 g/mol. The molecule has 1 aromatic rings. The minimum absolute atomic E-state index is 0.403. The third-order valence-corrected chi connectivity index (χ3v) is 2.88. The molecule has 1 aromatic carbocycles. The van der Waals surface area contributed by atoms with Gasteiger partial charge in [-0.05, 0) is 38.0 Å². The van der Waals surface area contributed by atoms with Gasteiger partial charge in [-0.15, -0.1) is 6.58 Å². The van der Waals surface area contributed by atoms with E-state index in [0.717, 1.165) is 18.5 Å². The van der Waals surface area contributed by atoms with Crippen LogP contribution in [0.2, 0.25) is 10.0 Å². The second kappa shape index (κ2) is 6.04. The van der Waals surface area contributed by atoms with Gasteiger partial charge in [0, 0.05) is 11.7 Å². The SMILES string of the molecule is C=CCCC(C)Nc1ccc(Cl)c(Cl)c1. The molecule has 0 saturated heterocycles. The van der Waals surface area contributed by atoms with Gasteiger partial charge < -0.3 is 5.32 Å². The van der Waals surface area contributed by atoms with Gasteiger partial charge in [0.05, 0.1) is 10.0 Å². The zero-order chi connectivity index (χ0) is 11.3. The molecule has 0 aliphatic carbocycles. The Hall–Kier alpha value is -0.660. The summed E-state index contributed by atoms with van der Waals surface area (Å²) in [7, 11) is 0. The van der Waals surface area contributed by atoms with E-state index in [2.05, 4.69) is 18.8 Å². The third kappa shape index (κ3) is 4.15. The first-order chi connectivity index (χ1) is 7.13. The molecule has 0 aliphatic heterocycles. The fourth-order valence-corrected chi connectivity index (χ4v) is 1.61. The van der Waals surface area contributed by atoms with Crippen molar-refractivity contribution in [3.63, 3.8) is 0 Å². The lowest BCUT2D eigenvalue weighted by Gasteiger charge is -2.14. The van der Waals surface area contributed by atoms with Crippen molar-refractivity contribution >= 4 is 28.9 Å². The topological polar surface area (TPSA) is 12.0 Å². The number of nitrogens with one attached hydrogen (secondary N) is 1. The van der Waals surface area contributed by atoms with Gasteiger partial charge >= 0.3 is 0 Å². The number of halogens is 2. The first kappa shape index (κ1) is 12.4. The summed E-state index contributed by atoms with van der Waals surface area (Å²) in [6.45, 7) is 5.83. The molecule has 0 saturated carbocycles. The van der Waals surface area contributed by atoms with Crippen LogP contribution >= 0.6 is 23.2 Å². The monoisotopic (exact) mass is 243 g/mol. The molecule has 15 heavy (non-hydrogen) atoms. The maximum Gasteiger partial charge on any atom is 0.0612 e. The van der Waals surface area contributed by atoms with Crippen LogP contribution in [0.3, 0.4) is 0 Å². The van der Waals surface area contributed by atoms with Crippen molar-refractivity contribution in [2.75, 3.05) is 5.32 Å². The van der Waals surface area contributed by atoms with Crippen molar-refractivity contribution < 1.29 is 0 Å². The Balaban J connectivity index is 2.56. The second-order valence-corrected chi connectivity index (χ2v) is 4.35. The summed E-state index contributed by atoms with van der Waals surface area (Å²) in [5.74, 6) is 0. The summed E-state index contributed by atoms with van der Waals surface area (Å²) >= 11 is 11.7. The van der Waals surface area contributed by atoms with Crippen molar-refractivity contribution in [2.24, 2.45) is 0 Å². The summed E-state index contributed by atoms with van der Waals surface area (Å²) in [6, 6.07) is 5.97. The number of anilines is 1. The standard InChI is InChI=1S/C12H15Cl2N/c1-3-4-5-9(2)15-10-6-7-11(13)12(14)8-10/h3,6-9,15H,1,4-5H2,2H3. The van der Waals surface area contributed by atoms with Gasteiger partial charge in [0.1, 0.15) is 0 Å². The predicted molar refractivity (Wildman–Crippen MR) is 69.0 cm³/mol. The highest BCUT2D eigenvalue weighted by atomic mass is 35.5. The number of benzene rings is 1. The number of rotatable bonds is 5. The summed E-state index contributed by atoms with van der Waals surface area (Å²) in [6.07, 6.45) is 3.99. The quantitative estimate of drug-likeness (QED) is 0.736. The van der Waals surface area contributed by atoms with Gasteiger partial charge in [0.25, 0.3) is 0 Å². The molecule has 0 aromatic heterocycles. The fourth-order valence-electron chi connectivity index (χ4n) is 1.31. The minimum Gasteiger partial charge on any atom is -0.383 e. The van der Waals surface area contributed by atoms with E-state index < -0.39 is 0 Å². The maximum atomic E-state index is 5.91. The summed E-state index contributed by atoms with van der Waals surface area (Å²) in [5, 5.41) is 4.52. The predicted octanol–water partition coefficient (Wildman–Crippen LogP) is 4.76. The lowest BCUT2D eigenvalue weighted by Crippen LogP contribution is -2.14. The Bertz CT molecular complexity index is 336. The lowest BCUT2D eigenvalue weighted by atomic mass is 10.1. The number of hydrogen-bond acceptors (Lipinski definition) is 1. The van der Waals surface area contributed by atoms with Gasteiger partial charge in [-0.1, -0.05) is 29.3 Å². The van der Waals surface area contributed by atoms with E-state index in [1.54, 1.807) is 6.07 Å². The van der Waals surface area contributed by atoms with E-state index in [9.17, 15) is 0 Å². The molecule has 82 valence electrons. The summed E-state index contributed by atoms with van der Waals surface area (Å²) in [5.41, 5.74) is 1.00. The molecule has 0 aliphatic rings. The average Bonchev–Trinajstić information content (AvgIpc) is 2.20. The van der Waals surface area contributed by atoms with Crippen molar-refractivity contribution in [3.05, 3.63) is 40.9 Å². The largest absolute Gasteiger partial charge is 0.383 e. The van der Waals surface area contributed by atoms with Gasteiger partial charge in [-0.2, -0.15) is 0 Å². The molecule has 0 amide bonds. The minimum atomic E-state index is 0.403. The second-order valence-electron chi connectivity index (χ2n) is 3.54. The Morgan fingerprint density at radius 3 is 2.73 bits per heavy atom. The van der Waals surface area contributed by atoms with Crippen LogP contribution in [0.25, 0.3) is 0 Å². The zero-order valence-electron chi connectivity index (χ0n) is 8.76. The average molecular weight is 244 g/mol. The number of hydrogen-bond donors (Lipinski definition) is 1. The molecule has 0 bridgehead atoms. The summed E-state index contributed by atoms with van der Waals surface area (Å²) < 4.78 is 0. The van der Waals surface area contributed by atoms with Crippen LogP contribution in [-0.2, 0) is 0 Å². The zero-order valence-corrected chi connectivity index (χ0v) is 10.3.